The van der Waals surface area contributed by atoms with Crippen molar-refractivity contribution < 1.29 is 14.6 Å². The molecule has 2 aromatic rings. The molecule has 0 spiro atoms. The van der Waals surface area contributed by atoms with Crippen LogP contribution in [0.15, 0.2) is 36.7 Å². The van der Waals surface area contributed by atoms with Crippen LogP contribution in [0.4, 0.5) is 0 Å². The molecular weight excluding hydrogens is 318 g/mol. The molecule has 1 aromatic heterocycles. The monoisotopic (exact) mass is 343 g/mol. The van der Waals surface area contributed by atoms with E-state index in [1.54, 1.807) is 7.11 Å². The van der Waals surface area contributed by atoms with Crippen molar-refractivity contribution in [2.75, 3.05) is 40.0 Å². The number of methoxy groups -OCH3 is 1. The van der Waals surface area contributed by atoms with Gasteiger partial charge in [-0.05, 0) is 30.7 Å². The van der Waals surface area contributed by atoms with Gasteiger partial charge >= 0.3 is 0 Å². The summed E-state index contributed by atoms with van der Waals surface area (Å²) in [5.74, 6) is 2.27. The number of fused-ring (bicyclic) bond motifs is 1. The summed E-state index contributed by atoms with van der Waals surface area (Å²) < 4.78 is 13.0. The second-order valence-electron chi connectivity index (χ2n) is 7.12. The number of hydrogen-bond acceptors (Lipinski definition) is 5. The molecule has 6 nitrogen and oxygen atoms in total. The molecule has 2 saturated heterocycles. The number of aliphatic hydroxyl groups is 1. The van der Waals surface area contributed by atoms with Crippen molar-refractivity contribution in [2.24, 2.45) is 11.3 Å². The minimum Gasteiger partial charge on any atom is -0.497 e. The van der Waals surface area contributed by atoms with Gasteiger partial charge in [0.05, 0.1) is 26.9 Å². The van der Waals surface area contributed by atoms with Crippen LogP contribution in [0.1, 0.15) is 12.2 Å². The molecule has 0 saturated carbocycles. The van der Waals surface area contributed by atoms with E-state index in [2.05, 4.69) is 14.5 Å². The van der Waals surface area contributed by atoms with Gasteiger partial charge in [-0.2, -0.15) is 0 Å². The van der Waals surface area contributed by atoms with Crippen molar-refractivity contribution in [3.8, 4) is 11.4 Å². The zero-order valence-electron chi connectivity index (χ0n) is 14.6. The highest BCUT2D eigenvalue weighted by Gasteiger charge is 2.47. The van der Waals surface area contributed by atoms with E-state index >= 15 is 0 Å². The molecule has 3 heterocycles. The van der Waals surface area contributed by atoms with Gasteiger partial charge in [-0.25, -0.2) is 4.98 Å². The van der Waals surface area contributed by atoms with Gasteiger partial charge in [-0.15, -0.1) is 0 Å². The number of likely N-dealkylation sites (tertiary alicyclic amines) is 1. The van der Waals surface area contributed by atoms with Crippen LogP contribution in [0.3, 0.4) is 0 Å². The van der Waals surface area contributed by atoms with E-state index in [-0.39, 0.29) is 12.0 Å². The van der Waals surface area contributed by atoms with Crippen molar-refractivity contribution in [3.63, 3.8) is 0 Å². The first-order valence-electron chi connectivity index (χ1n) is 8.82. The number of ether oxygens (including phenoxy) is 2. The SMILES string of the molecule is COc1ccc(-n2ccnc2CN2C[C@@H]3COCC[C@]3(CO)C2)cc1. The zero-order chi connectivity index (χ0) is 17.3. The zero-order valence-corrected chi connectivity index (χ0v) is 14.6. The van der Waals surface area contributed by atoms with Gasteiger partial charge in [0.1, 0.15) is 11.6 Å². The number of benzene rings is 1. The third kappa shape index (κ3) is 3.05. The van der Waals surface area contributed by atoms with Crippen LogP contribution in [-0.4, -0.2) is 59.6 Å². The number of imidazole rings is 1. The quantitative estimate of drug-likeness (QED) is 0.896. The molecule has 6 heteroatoms. The Bertz CT molecular complexity index is 715. The van der Waals surface area contributed by atoms with Crippen molar-refractivity contribution in [2.45, 2.75) is 13.0 Å². The molecular formula is C19H25N3O3. The number of hydrogen-bond donors (Lipinski definition) is 1. The molecule has 134 valence electrons. The highest BCUT2D eigenvalue weighted by molar-refractivity contribution is 5.38. The predicted molar refractivity (Wildman–Crippen MR) is 93.8 cm³/mol. The van der Waals surface area contributed by atoms with E-state index < -0.39 is 0 Å². The summed E-state index contributed by atoms with van der Waals surface area (Å²) in [6.45, 7) is 4.39. The summed E-state index contributed by atoms with van der Waals surface area (Å²) in [5.41, 5.74) is 1.07. The van der Waals surface area contributed by atoms with Gasteiger partial charge in [0.2, 0.25) is 0 Å². The summed E-state index contributed by atoms with van der Waals surface area (Å²) in [4.78, 5) is 6.96. The highest BCUT2D eigenvalue weighted by atomic mass is 16.5. The van der Waals surface area contributed by atoms with E-state index in [1.165, 1.54) is 0 Å². The third-order valence-electron chi connectivity index (χ3n) is 5.69. The van der Waals surface area contributed by atoms with Crippen molar-refractivity contribution in [1.29, 1.82) is 0 Å². The number of aliphatic hydroxyl groups excluding tert-OH is 1. The Kier molecular flexibility index (Phi) is 4.50. The van der Waals surface area contributed by atoms with Crippen LogP contribution < -0.4 is 4.74 Å². The average molecular weight is 343 g/mol. The van der Waals surface area contributed by atoms with E-state index in [9.17, 15) is 5.11 Å². The Morgan fingerprint density at radius 2 is 2.20 bits per heavy atom. The summed E-state index contributed by atoms with van der Waals surface area (Å²) in [6.07, 6.45) is 4.77. The first-order chi connectivity index (χ1) is 12.2. The molecule has 2 aliphatic heterocycles. The van der Waals surface area contributed by atoms with Gasteiger partial charge in [0.25, 0.3) is 0 Å². The Morgan fingerprint density at radius 1 is 1.36 bits per heavy atom. The number of aromatic nitrogens is 2. The van der Waals surface area contributed by atoms with E-state index in [1.807, 2.05) is 36.7 Å². The van der Waals surface area contributed by atoms with Crippen LogP contribution >= 0.6 is 0 Å². The fraction of sp³-hybridized carbons (Fsp3) is 0.526. The van der Waals surface area contributed by atoms with E-state index in [4.69, 9.17) is 9.47 Å². The molecule has 0 aliphatic carbocycles. The van der Waals surface area contributed by atoms with Crippen LogP contribution in [-0.2, 0) is 11.3 Å². The van der Waals surface area contributed by atoms with Crippen molar-refractivity contribution >= 4 is 0 Å². The lowest BCUT2D eigenvalue weighted by Gasteiger charge is -2.36. The average Bonchev–Trinajstić information content (AvgIpc) is 3.26. The maximum absolute atomic E-state index is 9.96. The van der Waals surface area contributed by atoms with E-state index in [0.29, 0.717) is 5.92 Å². The third-order valence-corrected chi connectivity index (χ3v) is 5.69. The Labute approximate surface area is 148 Å². The van der Waals surface area contributed by atoms with Gasteiger partial charge < -0.3 is 19.1 Å². The van der Waals surface area contributed by atoms with Crippen LogP contribution in [0, 0.1) is 11.3 Å². The predicted octanol–water partition coefficient (Wildman–Crippen LogP) is 1.71. The Hall–Kier alpha value is -1.89. The van der Waals surface area contributed by atoms with Crippen molar-refractivity contribution in [1.82, 2.24) is 14.5 Å². The standard InChI is InChI=1S/C19H25N3O3/c1-24-17-4-2-16(3-5-17)22-8-7-20-18(22)11-21-10-15-12-25-9-6-19(15,13-21)14-23/h2-5,7-8,15,23H,6,9-14H2,1H3/t15-,19-/m1/s1. The van der Waals surface area contributed by atoms with Crippen LogP contribution in [0.2, 0.25) is 0 Å². The fourth-order valence-electron chi connectivity index (χ4n) is 4.17. The first-order valence-corrected chi connectivity index (χ1v) is 8.82. The minimum atomic E-state index is -0.00418. The minimum absolute atomic E-state index is 0.00418. The second-order valence-corrected chi connectivity index (χ2v) is 7.12. The molecule has 4 rings (SSSR count). The fourth-order valence-corrected chi connectivity index (χ4v) is 4.17. The molecule has 0 bridgehead atoms. The molecule has 1 aromatic carbocycles. The summed E-state index contributed by atoms with van der Waals surface area (Å²) >= 11 is 0. The Morgan fingerprint density at radius 3 is 2.92 bits per heavy atom. The van der Waals surface area contributed by atoms with Crippen molar-refractivity contribution in [3.05, 3.63) is 42.5 Å². The number of rotatable bonds is 5. The molecule has 1 N–H and O–H groups in total. The maximum atomic E-state index is 9.96. The lowest BCUT2D eigenvalue weighted by Crippen LogP contribution is -2.41. The molecule has 25 heavy (non-hydrogen) atoms. The topological polar surface area (TPSA) is 59.8 Å². The lowest BCUT2D eigenvalue weighted by molar-refractivity contribution is -0.0417. The van der Waals surface area contributed by atoms with E-state index in [0.717, 1.165) is 56.5 Å². The molecule has 0 unspecified atom stereocenters. The van der Waals surface area contributed by atoms with Crippen LogP contribution in [0.25, 0.3) is 5.69 Å². The summed E-state index contributed by atoms with van der Waals surface area (Å²) in [7, 11) is 1.67. The first kappa shape index (κ1) is 16.6. The highest BCUT2D eigenvalue weighted by Crippen LogP contribution is 2.42. The Balaban J connectivity index is 1.51. The second kappa shape index (κ2) is 6.78. The van der Waals surface area contributed by atoms with Gasteiger partial charge in [-0.1, -0.05) is 0 Å². The van der Waals surface area contributed by atoms with Gasteiger partial charge in [0.15, 0.2) is 0 Å². The largest absolute Gasteiger partial charge is 0.497 e. The van der Waals surface area contributed by atoms with Gasteiger partial charge in [0, 0.05) is 49.1 Å². The molecule has 2 aliphatic rings. The lowest BCUT2D eigenvalue weighted by atomic mass is 9.75. The number of nitrogens with zero attached hydrogens (tertiary/aromatic N) is 3. The smallest absolute Gasteiger partial charge is 0.127 e. The molecule has 2 fully saturated rings. The molecule has 0 radical (unpaired) electrons. The van der Waals surface area contributed by atoms with Crippen LogP contribution in [0.5, 0.6) is 5.75 Å². The molecule has 2 atom stereocenters. The van der Waals surface area contributed by atoms with Gasteiger partial charge in [-0.3, -0.25) is 4.90 Å². The maximum Gasteiger partial charge on any atom is 0.127 e. The molecule has 0 amide bonds. The normalized spacial score (nSPS) is 26.6. The summed E-state index contributed by atoms with van der Waals surface area (Å²) in [6, 6.07) is 8.00. The summed E-state index contributed by atoms with van der Waals surface area (Å²) in [5, 5.41) is 9.96.